The van der Waals surface area contributed by atoms with E-state index >= 15 is 0 Å². The van der Waals surface area contributed by atoms with Gasteiger partial charge in [0.25, 0.3) is 0 Å². The van der Waals surface area contributed by atoms with Crippen molar-refractivity contribution in [3.63, 3.8) is 0 Å². The van der Waals surface area contributed by atoms with Gasteiger partial charge in [0.2, 0.25) is 0 Å². The maximum atomic E-state index is 9.74. The predicted molar refractivity (Wildman–Crippen MR) is 77.7 cm³/mol. The third-order valence-electron chi connectivity index (χ3n) is 2.73. The summed E-state index contributed by atoms with van der Waals surface area (Å²) in [6.07, 6.45) is 0. The van der Waals surface area contributed by atoms with Crippen molar-refractivity contribution in [3.05, 3.63) is 46.0 Å². The standard InChI is InChI=1S/C14H9IO3/c15-9-3-1-8(2-4-9)13-7-11-12(17)5-10(16)6-14(11)18-13/h1-7,16-17H. The number of hydrogen-bond donors (Lipinski definition) is 2. The van der Waals surface area contributed by atoms with Crippen LogP contribution in [-0.2, 0) is 0 Å². The van der Waals surface area contributed by atoms with Gasteiger partial charge >= 0.3 is 0 Å². The van der Waals surface area contributed by atoms with Crippen LogP contribution in [0, 0.1) is 3.57 Å². The van der Waals surface area contributed by atoms with Crippen molar-refractivity contribution in [2.24, 2.45) is 0 Å². The zero-order chi connectivity index (χ0) is 12.7. The summed E-state index contributed by atoms with van der Waals surface area (Å²) in [5, 5.41) is 19.7. The number of phenols is 2. The Balaban J connectivity index is 2.19. The van der Waals surface area contributed by atoms with Crippen LogP contribution in [0.15, 0.2) is 46.9 Å². The summed E-state index contributed by atoms with van der Waals surface area (Å²) < 4.78 is 6.78. The first-order chi connectivity index (χ1) is 8.63. The molecule has 90 valence electrons. The van der Waals surface area contributed by atoms with Crippen molar-refractivity contribution < 1.29 is 14.6 Å². The monoisotopic (exact) mass is 352 g/mol. The number of phenolic OH excluding ortho intramolecular Hbond substituents is 2. The van der Waals surface area contributed by atoms with Crippen LogP contribution in [0.25, 0.3) is 22.3 Å². The fourth-order valence-electron chi connectivity index (χ4n) is 1.86. The minimum atomic E-state index is -0.0106. The van der Waals surface area contributed by atoms with Crippen LogP contribution in [0.3, 0.4) is 0 Å². The molecule has 0 saturated heterocycles. The Kier molecular flexibility index (Phi) is 2.66. The Labute approximate surface area is 117 Å². The van der Waals surface area contributed by atoms with Gasteiger partial charge in [-0.2, -0.15) is 0 Å². The van der Waals surface area contributed by atoms with Crippen molar-refractivity contribution in [1.29, 1.82) is 0 Å². The van der Waals surface area contributed by atoms with Crippen LogP contribution in [0.1, 0.15) is 0 Å². The van der Waals surface area contributed by atoms with E-state index in [0.29, 0.717) is 16.7 Å². The molecule has 18 heavy (non-hydrogen) atoms. The van der Waals surface area contributed by atoms with Crippen LogP contribution in [0.2, 0.25) is 0 Å². The second-order valence-electron chi connectivity index (χ2n) is 3.99. The highest BCUT2D eigenvalue weighted by molar-refractivity contribution is 14.1. The van der Waals surface area contributed by atoms with Crippen LogP contribution in [0.5, 0.6) is 11.5 Å². The molecule has 2 N–H and O–H groups in total. The van der Waals surface area contributed by atoms with Gasteiger partial charge in [0.15, 0.2) is 0 Å². The highest BCUT2D eigenvalue weighted by atomic mass is 127. The molecular weight excluding hydrogens is 343 g/mol. The molecule has 0 amide bonds. The number of benzene rings is 2. The first kappa shape index (κ1) is 11.4. The van der Waals surface area contributed by atoms with Crippen LogP contribution < -0.4 is 0 Å². The summed E-state index contributed by atoms with van der Waals surface area (Å²) in [6.45, 7) is 0. The first-order valence-electron chi connectivity index (χ1n) is 5.35. The minimum Gasteiger partial charge on any atom is -0.508 e. The van der Waals surface area contributed by atoms with Gasteiger partial charge in [0.05, 0.1) is 5.39 Å². The number of aromatic hydroxyl groups is 2. The van der Waals surface area contributed by atoms with Crippen molar-refractivity contribution in [2.45, 2.75) is 0 Å². The summed E-state index contributed by atoms with van der Waals surface area (Å²) in [4.78, 5) is 0. The van der Waals surface area contributed by atoms with Gasteiger partial charge in [0.1, 0.15) is 22.8 Å². The fraction of sp³-hybridized carbons (Fsp3) is 0. The lowest BCUT2D eigenvalue weighted by Gasteiger charge is -1.96. The van der Waals surface area contributed by atoms with E-state index in [1.165, 1.54) is 12.1 Å². The van der Waals surface area contributed by atoms with Gasteiger partial charge in [0, 0.05) is 21.3 Å². The number of fused-ring (bicyclic) bond motifs is 1. The van der Waals surface area contributed by atoms with Crippen LogP contribution in [-0.4, -0.2) is 10.2 Å². The van der Waals surface area contributed by atoms with Crippen molar-refractivity contribution in [1.82, 2.24) is 0 Å². The Morgan fingerprint density at radius 3 is 2.39 bits per heavy atom. The average Bonchev–Trinajstić information content (AvgIpc) is 2.74. The Morgan fingerprint density at radius 2 is 1.67 bits per heavy atom. The van der Waals surface area contributed by atoms with Gasteiger partial charge in [-0.3, -0.25) is 0 Å². The molecule has 1 aromatic heterocycles. The SMILES string of the molecule is Oc1cc(O)c2cc(-c3ccc(I)cc3)oc2c1. The lowest BCUT2D eigenvalue weighted by molar-refractivity contribution is 0.453. The van der Waals surface area contributed by atoms with E-state index in [1.54, 1.807) is 6.07 Å². The molecule has 0 atom stereocenters. The van der Waals surface area contributed by atoms with Gasteiger partial charge in [-0.15, -0.1) is 0 Å². The van der Waals surface area contributed by atoms with Gasteiger partial charge < -0.3 is 14.6 Å². The van der Waals surface area contributed by atoms with Crippen molar-refractivity contribution >= 4 is 33.6 Å². The topological polar surface area (TPSA) is 53.6 Å². The molecule has 0 aliphatic heterocycles. The second kappa shape index (κ2) is 4.20. The molecule has 0 fully saturated rings. The molecule has 0 unspecified atom stereocenters. The van der Waals surface area contributed by atoms with E-state index in [0.717, 1.165) is 9.13 Å². The number of rotatable bonds is 1. The summed E-state index contributed by atoms with van der Waals surface area (Å²) >= 11 is 2.24. The third-order valence-corrected chi connectivity index (χ3v) is 3.45. The largest absolute Gasteiger partial charge is 0.508 e. The molecule has 3 nitrogen and oxygen atoms in total. The smallest absolute Gasteiger partial charge is 0.142 e. The zero-order valence-corrected chi connectivity index (χ0v) is 11.4. The number of furan rings is 1. The number of halogens is 1. The highest BCUT2D eigenvalue weighted by Crippen LogP contribution is 2.35. The molecule has 0 aliphatic rings. The number of hydrogen-bond acceptors (Lipinski definition) is 3. The Hall–Kier alpha value is -1.69. The molecule has 1 heterocycles. The summed E-state index contributed by atoms with van der Waals surface area (Å²) in [6, 6.07) is 12.4. The van der Waals surface area contributed by atoms with Gasteiger partial charge in [-0.25, -0.2) is 0 Å². The van der Waals surface area contributed by atoms with Crippen molar-refractivity contribution in [3.8, 4) is 22.8 Å². The molecule has 2 aromatic carbocycles. The third kappa shape index (κ3) is 1.92. The lowest BCUT2D eigenvalue weighted by atomic mass is 10.1. The summed E-state index contributed by atoms with van der Waals surface area (Å²) in [7, 11) is 0. The predicted octanol–water partition coefficient (Wildman–Crippen LogP) is 4.12. The molecule has 0 radical (unpaired) electrons. The highest BCUT2D eigenvalue weighted by Gasteiger charge is 2.10. The van der Waals surface area contributed by atoms with E-state index in [4.69, 9.17) is 4.42 Å². The Morgan fingerprint density at radius 1 is 0.944 bits per heavy atom. The van der Waals surface area contributed by atoms with Gasteiger partial charge in [-0.1, -0.05) is 12.1 Å². The Bertz CT molecular complexity index is 714. The zero-order valence-electron chi connectivity index (χ0n) is 9.22. The quantitative estimate of drug-likeness (QED) is 0.648. The van der Waals surface area contributed by atoms with E-state index in [2.05, 4.69) is 22.6 Å². The van der Waals surface area contributed by atoms with Crippen LogP contribution >= 0.6 is 22.6 Å². The van der Waals surface area contributed by atoms with E-state index in [-0.39, 0.29) is 11.5 Å². The van der Waals surface area contributed by atoms with E-state index in [1.807, 2.05) is 24.3 Å². The molecule has 3 rings (SSSR count). The second-order valence-corrected chi connectivity index (χ2v) is 5.24. The normalized spacial score (nSPS) is 10.9. The van der Waals surface area contributed by atoms with Gasteiger partial charge in [-0.05, 0) is 40.8 Å². The maximum absolute atomic E-state index is 9.74. The molecule has 0 bridgehead atoms. The van der Waals surface area contributed by atoms with E-state index in [9.17, 15) is 10.2 Å². The maximum Gasteiger partial charge on any atom is 0.142 e. The summed E-state index contributed by atoms with van der Waals surface area (Å²) in [5.74, 6) is 0.677. The fourth-order valence-corrected chi connectivity index (χ4v) is 2.22. The lowest BCUT2D eigenvalue weighted by Crippen LogP contribution is -1.73. The van der Waals surface area contributed by atoms with Crippen molar-refractivity contribution in [2.75, 3.05) is 0 Å². The molecule has 0 aliphatic carbocycles. The molecule has 3 aromatic rings. The minimum absolute atomic E-state index is 0.0106. The average molecular weight is 352 g/mol. The van der Waals surface area contributed by atoms with E-state index < -0.39 is 0 Å². The molecule has 4 heteroatoms. The molecule has 0 spiro atoms. The van der Waals surface area contributed by atoms with Crippen LogP contribution in [0.4, 0.5) is 0 Å². The summed E-state index contributed by atoms with van der Waals surface area (Å²) in [5.41, 5.74) is 1.41. The molecule has 0 saturated carbocycles. The molecular formula is C14H9IO3. The first-order valence-corrected chi connectivity index (χ1v) is 6.43.